The molecule has 0 radical (unpaired) electrons. The van der Waals surface area contributed by atoms with Crippen LogP contribution in [0.4, 0.5) is 0 Å². The number of hydrogen-bond acceptors (Lipinski definition) is 3. The largest absolute Gasteiger partial charge is 0.240 e. The van der Waals surface area contributed by atoms with Crippen molar-refractivity contribution in [1.29, 1.82) is 5.26 Å². The van der Waals surface area contributed by atoms with Gasteiger partial charge in [-0.05, 0) is 31.2 Å². The van der Waals surface area contributed by atoms with Gasteiger partial charge in [0.25, 0.3) is 0 Å². The molecule has 86 valence electrons. The van der Waals surface area contributed by atoms with Gasteiger partial charge in [0.1, 0.15) is 0 Å². The molecule has 0 aliphatic rings. The summed E-state index contributed by atoms with van der Waals surface area (Å²) in [4.78, 5) is 0.195. The van der Waals surface area contributed by atoms with E-state index >= 15 is 0 Å². The molecule has 0 saturated heterocycles. The quantitative estimate of drug-likeness (QED) is 0.925. The second-order valence-corrected chi connectivity index (χ2v) is 5.97. The van der Waals surface area contributed by atoms with Gasteiger partial charge in [0.2, 0.25) is 10.0 Å². The maximum atomic E-state index is 11.8. The third-order valence-electron chi connectivity index (χ3n) is 1.88. The zero-order valence-electron chi connectivity index (χ0n) is 8.64. The highest BCUT2D eigenvalue weighted by molar-refractivity contribution is 9.10. The van der Waals surface area contributed by atoms with Gasteiger partial charge in [-0.15, -0.1) is 0 Å². The molecule has 0 bridgehead atoms. The Morgan fingerprint density at radius 3 is 2.50 bits per heavy atom. The summed E-state index contributed by atoms with van der Waals surface area (Å²) in [5.41, 5.74) is 0. The van der Waals surface area contributed by atoms with Gasteiger partial charge >= 0.3 is 0 Å². The van der Waals surface area contributed by atoms with Crippen molar-refractivity contribution in [3.8, 4) is 6.07 Å². The van der Waals surface area contributed by atoms with Crippen LogP contribution >= 0.6 is 15.9 Å². The molecule has 1 unspecified atom stereocenters. The maximum Gasteiger partial charge on any atom is 0.240 e. The van der Waals surface area contributed by atoms with Crippen molar-refractivity contribution < 1.29 is 8.42 Å². The zero-order valence-corrected chi connectivity index (χ0v) is 11.0. The Bertz CT molecular complexity index is 491. The number of halogens is 1. The van der Waals surface area contributed by atoms with Crippen molar-refractivity contribution in [1.82, 2.24) is 4.72 Å². The smallest absolute Gasteiger partial charge is 0.207 e. The van der Waals surface area contributed by atoms with E-state index < -0.39 is 16.1 Å². The Hall–Kier alpha value is -0.900. The Kier molecular flexibility index (Phi) is 4.47. The molecule has 0 heterocycles. The topological polar surface area (TPSA) is 70.0 Å². The van der Waals surface area contributed by atoms with Crippen LogP contribution in [-0.4, -0.2) is 14.5 Å². The molecule has 16 heavy (non-hydrogen) atoms. The molecule has 6 heteroatoms. The summed E-state index contributed by atoms with van der Waals surface area (Å²) in [6, 6.07) is 7.85. The molecule has 4 nitrogen and oxygen atoms in total. The Morgan fingerprint density at radius 1 is 1.44 bits per heavy atom. The van der Waals surface area contributed by atoms with Crippen LogP contribution in [-0.2, 0) is 10.0 Å². The van der Waals surface area contributed by atoms with Crippen molar-refractivity contribution in [2.75, 3.05) is 0 Å². The van der Waals surface area contributed by atoms with Crippen molar-refractivity contribution in [2.24, 2.45) is 0 Å². The maximum absolute atomic E-state index is 11.8. The SMILES string of the molecule is CC(CC#N)NS(=O)(=O)c1ccc(Br)cc1. The van der Waals surface area contributed by atoms with Gasteiger partial charge in [0.15, 0.2) is 0 Å². The number of benzene rings is 1. The number of nitrogens with one attached hydrogen (secondary N) is 1. The van der Waals surface area contributed by atoms with E-state index in [1.807, 2.05) is 6.07 Å². The van der Waals surface area contributed by atoms with Crippen LogP contribution in [0.1, 0.15) is 13.3 Å². The molecule has 1 aromatic rings. The van der Waals surface area contributed by atoms with Crippen molar-refractivity contribution >= 4 is 26.0 Å². The predicted molar refractivity (Wildman–Crippen MR) is 64.2 cm³/mol. The highest BCUT2D eigenvalue weighted by Crippen LogP contribution is 2.14. The molecule has 1 N–H and O–H groups in total. The van der Waals surface area contributed by atoms with E-state index in [2.05, 4.69) is 20.7 Å². The molecule has 0 aromatic heterocycles. The first-order valence-corrected chi connectivity index (χ1v) is 6.88. The third-order valence-corrected chi connectivity index (χ3v) is 4.01. The lowest BCUT2D eigenvalue weighted by Gasteiger charge is -2.10. The monoisotopic (exact) mass is 302 g/mol. The minimum atomic E-state index is -3.52. The summed E-state index contributed by atoms with van der Waals surface area (Å²) in [5, 5.41) is 8.45. The fourth-order valence-corrected chi connectivity index (χ4v) is 2.63. The van der Waals surface area contributed by atoms with Gasteiger partial charge in [0.05, 0.1) is 17.4 Å². The summed E-state index contributed by atoms with van der Waals surface area (Å²) < 4.78 is 26.8. The molecular weight excluding hydrogens is 292 g/mol. The third kappa shape index (κ3) is 3.59. The average Bonchev–Trinajstić information content (AvgIpc) is 2.17. The molecule has 0 fully saturated rings. The van der Waals surface area contributed by atoms with Crippen LogP contribution in [0.2, 0.25) is 0 Å². The van der Waals surface area contributed by atoms with Crippen LogP contribution in [0.3, 0.4) is 0 Å². The molecule has 0 spiro atoms. The van der Waals surface area contributed by atoms with E-state index in [0.29, 0.717) is 0 Å². The van der Waals surface area contributed by atoms with Crippen molar-refractivity contribution in [2.45, 2.75) is 24.3 Å². The predicted octanol–water partition coefficient (Wildman–Crippen LogP) is 2.03. The Balaban J connectivity index is 2.87. The number of nitriles is 1. The minimum absolute atomic E-state index is 0.149. The minimum Gasteiger partial charge on any atom is -0.207 e. The molecule has 0 saturated carbocycles. The normalized spacial score (nSPS) is 13.1. The zero-order chi connectivity index (χ0) is 12.2. The number of nitrogens with zero attached hydrogens (tertiary/aromatic N) is 1. The number of hydrogen-bond donors (Lipinski definition) is 1. The van der Waals surface area contributed by atoms with Gasteiger partial charge in [-0.3, -0.25) is 0 Å². The first-order valence-electron chi connectivity index (χ1n) is 4.60. The van der Waals surface area contributed by atoms with Crippen LogP contribution in [0.25, 0.3) is 0 Å². The van der Waals surface area contributed by atoms with E-state index in [1.165, 1.54) is 12.1 Å². The van der Waals surface area contributed by atoms with E-state index in [1.54, 1.807) is 19.1 Å². The van der Waals surface area contributed by atoms with E-state index in [0.717, 1.165) is 4.47 Å². The summed E-state index contributed by atoms with van der Waals surface area (Å²) in [6.45, 7) is 1.65. The second kappa shape index (κ2) is 5.43. The van der Waals surface area contributed by atoms with Crippen LogP contribution < -0.4 is 4.72 Å². The first kappa shape index (κ1) is 13.2. The lowest BCUT2D eigenvalue weighted by Crippen LogP contribution is -2.32. The Morgan fingerprint density at radius 2 is 2.00 bits per heavy atom. The van der Waals surface area contributed by atoms with Gasteiger partial charge in [-0.1, -0.05) is 15.9 Å². The van der Waals surface area contributed by atoms with Crippen molar-refractivity contribution in [3.63, 3.8) is 0 Å². The summed E-state index contributed by atoms with van der Waals surface area (Å²) in [6.07, 6.45) is 0.149. The fourth-order valence-electron chi connectivity index (χ4n) is 1.13. The summed E-state index contributed by atoms with van der Waals surface area (Å²) >= 11 is 3.23. The molecular formula is C10H11BrN2O2S. The van der Waals surface area contributed by atoms with Gasteiger partial charge < -0.3 is 0 Å². The highest BCUT2D eigenvalue weighted by Gasteiger charge is 2.16. The number of rotatable bonds is 4. The molecule has 0 aliphatic carbocycles. The molecule has 0 aliphatic heterocycles. The van der Waals surface area contributed by atoms with Crippen LogP contribution in [0, 0.1) is 11.3 Å². The van der Waals surface area contributed by atoms with E-state index in [4.69, 9.17) is 5.26 Å². The van der Waals surface area contributed by atoms with Crippen LogP contribution in [0.5, 0.6) is 0 Å². The highest BCUT2D eigenvalue weighted by atomic mass is 79.9. The lowest BCUT2D eigenvalue weighted by molar-refractivity contribution is 0.563. The lowest BCUT2D eigenvalue weighted by atomic mass is 10.3. The van der Waals surface area contributed by atoms with Crippen LogP contribution in [0.15, 0.2) is 33.6 Å². The second-order valence-electron chi connectivity index (χ2n) is 3.34. The summed E-state index contributed by atoms with van der Waals surface area (Å²) in [5.74, 6) is 0. The molecule has 0 amide bonds. The van der Waals surface area contributed by atoms with Gasteiger partial charge in [-0.2, -0.15) is 5.26 Å². The van der Waals surface area contributed by atoms with E-state index in [-0.39, 0.29) is 11.3 Å². The first-order chi connectivity index (χ1) is 7.45. The molecule has 1 rings (SSSR count). The van der Waals surface area contributed by atoms with Gasteiger partial charge in [-0.25, -0.2) is 13.1 Å². The van der Waals surface area contributed by atoms with E-state index in [9.17, 15) is 8.42 Å². The average molecular weight is 303 g/mol. The van der Waals surface area contributed by atoms with Crippen molar-refractivity contribution in [3.05, 3.63) is 28.7 Å². The molecule has 1 aromatic carbocycles. The summed E-state index contributed by atoms with van der Waals surface area (Å²) in [7, 11) is -3.52. The van der Waals surface area contributed by atoms with Gasteiger partial charge in [0, 0.05) is 10.5 Å². The fraction of sp³-hybridized carbons (Fsp3) is 0.300. The standard InChI is InChI=1S/C10H11BrN2O2S/c1-8(6-7-12)13-16(14,15)10-4-2-9(11)3-5-10/h2-5,8,13H,6H2,1H3. The Labute approximate surface area is 103 Å². The number of sulfonamides is 1. The molecule has 1 atom stereocenters.